The normalized spacial score (nSPS) is 14.1. The number of hydrogen-bond acceptors (Lipinski definition) is 3. The first-order valence-electron chi connectivity index (χ1n) is 8.28. The van der Waals surface area contributed by atoms with Gasteiger partial charge in [0.15, 0.2) is 0 Å². The van der Waals surface area contributed by atoms with E-state index < -0.39 is 0 Å². The van der Waals surface area contributed by atoms with Gasteiger partial charge in [-0.2, -0.15) is 0 Å². The largest absolute Gasteiger partial charge is 0.467 e. The zero-order valence-corrected chi connectivity index (χ0v) is 15.6. The van der Waals surface area contributed by atoms with Gasteiger partial charge in [0.05, 0.1) is 7.11 Å². The van der Waals surface area contributed by atoms with Crippen LogP contribution in [0.15, 0.2) is 9.22 Å². The molecule has 0 amide bonds. The standard InChI is InChI=1S/C17H30BrNO2/c1-5-7-9-10-11-13-17(3,12-8-6-2)14-15(20-4)21-16(18)19-14/h5-13H2,1-4H3. The molecule has 0 aromatic carbocycles. The van der Waals surface area contributed by atoms with Crippen molar-refractivity contribution in [1.29, 1.82) is 0 Å². The van der Waals surface area contributed by atoms with Crippen molar-refractivity contribution in [3.8, 4) is 5.95 Å². The molecule has 0 saturated heterocycles. The highest BCUT2D eigenvalue weighted by Crippen LogP contribution is 2.40. The molecule has 0 spiro atoms. The molecule has 0 radical (unpaired) electrons. The Bertz CT molecular complexity index is 405. The first-order valence-corrected chi connectivity index (χ1v) is 9.07. The van der Waals surface area contributed by atoms with E-state index in [0.717, 1.165) is 18.5 Å². The molecule has 1 atom stereocenters. The van der Waals surface area contributed by atoms with E-state index in [1.165, 1.54) is 44.9 Å². The fourth-order valence-electron chi connectivity index (χ4n) is 2.85. The van der Waals surface area contributed by atoms with E-state index >= 15 is 0 Å². The Labute approximate surface area is 138 Å². The van der Waals surface area contributed by atoms with Gasteiger partial charge in [0, 0.05) is 21.3 Å². The van der Waals surface area contributed by atoms with Crippen LogP contribution in [0.2, 0.25) is 0 Å². The summed E-state index contributed by atoms with van der Waals surface area (Å²) in [6, 6.07) is 0. The second-order valence-corrected chi connectivity index (χ2v) is 6.81. The molecular weight excluding hydrogens is 330 g/mol. The molecule has 21 heavy (non-hydrogen) atoms. The molecule has 0 saturated carbocycles. The summed E-state index contributed by atoms with van der Waals surface area (Å²) in [7, 11) is 1.65. The van der Waals surface area contributed by atoms with Crippen LogP contribution in [0.5, 0.6) is 5.95 Å². The molecule has 1 unspecified atom stereocenters. The third kappa shape index (κ3) is 5.65. The van der Waals surface area contributed by atoms with Crippen molar-refractivity contribution in [2.24, 2.45) is 0 Å². The van der Waals surface area contributed by atoms with Crippen molar-refractivity contribution < 1.29 is 9.15 Å². The van der Waals surface area contributed by atoms with Crippen molar-refractivity contribution in [2.75, 3.05) is 7.11 Å². The summed E-state index contributed by atoms with van der Waals surface area (Å²) in [5, 5.41) is 0. The maximum absolute atomic E-state index is 5.52. The topological polar surface area (TPSA) is 35.3 Å². The van der Waals surface area contributed by atoms with Gasteiger partial charge in [-0.25, -0.2) is 4.98 Å². The molecule has 0 aliphatic rings. The molecular formula is C17H30BrNO2. The van der Waals surface area contributed by atoms with Crippen molar-refractivity contribution in [3.05, 3.63) is 10.5 Å². The van der Waals surface area contributed by atoms with Crippen LogP contribution in [0.4, 0.5) is 0 Å². The summed E-state index contributed by atoms with van der Waals surface area (Å²) in [5.41, 5.74) is 1.02. The third-order valence-corrected chi connectivity index (χ3v) is 4.58. The highest BCUT2D eigenvalue weighted by atomic mass is 79.9. The quantitative estimate of drug-likeness (QED) is 0.437. The zero-order chi connectivity index (χ0) is 15.7. The van der Waals surface area contributed by atoms with E-state index in [0.29, 0.717) is 10.7 Å². The lowest BCUT2D eigenvalue weighted by Gasteiger charge is -2.28. The molecule has 0 aliphatic carbocycles. The fraction of sp³-hybridized carbons (Fsp3) is 0.824. The number of unbranched alkanes of at least 4 members (excludes halogenated alkanes) is 5. The Balaban J connectivity index is 2.76. The van der Waals surface area contributed by atoms with E-state index in [9.17, 15) is 0 Å². The molecule has 1 aromatic rings. The van der Waals surface area contributed by atoms with Gasteiger partial charge in [-0.3, -0.25) is 0 Å². The highest BCUT2D eigenvalue weighted by Gasteiger charge is 2.33. The van der Waals surface area contributed by atoms with Gasteiger partial charge in [0.1, 0.15) is 5.69 Å². The van der Waals surface area contributed by atoms with Gasteiger partial charge < -0.3 is 9.15 Å². The average Bonchev–Trinajstić information content (AvgIpc) is 2.87. The lowest BCUT2D eigenvalue weighted by atomic mass is 9.77. The Morgan fingerprint density at radius 2 is 1.67 bits per heavy atom. The van der Waals surface area contributed by atoms with Crippen LogP contribution < -0.4 is 4.74 Å². The van der Waals surface area contributed by atoms with E-state index in [2.05, 4.69) is 41.7 Å². The molecule has 4 heteroatoms. The Kier molecular flexibility index (Phi) is 8.38. The van der Waals surface area contributed by atoms with E-state index in [1.807, 2.05) is 0 Å². The molecule has 1 heterocycles. The lowest BCUT2D eigenvalue weighted by molar-refractivity contribution is 0.276. The number of methoxy groups -OCH3 is 1. The van der Waals surface area contributed by atoms with Crippen LogP contribution >= 0.6 is 15.9 Å². The van der Waals surface area contributed by atoms with Crippen LogP contribution in [0.1, 0.15) is 84.3 Å². The van der Waals surface area contributed by atoms with Gasteiger partial charge in [-0.1, -0.05) is 65.7 Å². The summed E-state index contributed by atoms with van der Waals surface area (Å²) in [4.78, 5) is 5.06. The fourth-order valence-corrected chi connectivity index (χ4v) is 3.17. The maximum atomic E-state index is 5.52. The van der Waals surface area contributed by atoms with Crippen LogP contribution in [-0.2, 0) is 5.41 Å². The first-order chi connectivity index (χ1) is 10.1. The minimum absolute atomic E-state index is 0.0447. The summed E-state index contributed by atoms with van der Waals surface area (Å²) in [6.07, 6.45) is 11.2. The molecule has 0 N–H and O–H groups in total. The van der Waals surface area contributed by atoms with E-state index in [4.69, 9.17) is 9.15 Å². The third-order valence-electron chi connectivity index (χ3n) is 4.24. The predicted molar refractivity (Wildman–Crippen MR) is 91.0 cm³/mol. The zero-order valence-electron chi connectivity index (χ0n) is 14.0. The number of halogens is 1. The summed E-state index contributed by atoms with van der Waals surface area (Å²) >= 11 is 3.33. The van der Waals surface area contributed by atoms with Crippen molar-refractivity contribution in [3.63, 3.8) is 0 Å². The summed E-state index contributed by atoms with van der Waals surface area (Å²) < 4.78 is 10.9. The summed E-state index contributed by atoms with van der Waals surface area (Å²) in [5.74, 6) is 0.564. The van der Waals surface area contributed by atoms with E-state index in [-0.39, 0.29) is 5.41 Å². The molecule has 0 aliphatic heterocycles. The molecule has 122 valence electrons. The number of nitrogens with zero attached hydrogens (tertiary/aromatic N) is 1. The molecule has 1 aromatic heterocycles. The predicted octanol–water partition coefficient (Wildman–Crippen LogP) is 6.25. The van der Waals surface area contributed by atoms with E-state index in [1.54, 1.807) is 7.11 Å². The second-order valence-electron chi connectivity index (χ2n) is 6.14. The Morgan fingerprint density at radius 3 is 2.29 bits per heavy atom. The number of oxazole rings is 1. The minimum atomic E-state index is 0.0447. The van der Waals surface area contributed by atoms with Crippen LogP contribution in [0.3, 0.4) is 0 Å². The van der Waals surface area contributed by atoms with Crippen molar-refractivity contribution in [2.45, 2.75) is 84.0 Å². The lowest BCUT2D eigenvalue weighted by Crippen LogP contribution is -2.23. The van der Waals surface area contributed by atoms with Crippen LogP contribution in [0, 0.1) is 0 Å². The molecule has 3 nitrogen and oxygen atoms in total. The van der Waals surface area contributed by atoms with Crippen molar-refractivity contribution in [1.82, 2.24) is 4.98 Å². The SMILES string of the molecule is CCCCCCCC(C)(CCCC)c1nc(Br)oc1OC. The van der Waals surface area contributed by atoms with Gasteiger partial charge in [0.25, 0.3) is 4.80 Å². The number of ether oxygens (including phenoxy) is 1. The van der Waals surface area contributed by atoms with Crippen molar-refractivity contribution >= 4 is 15.9 Å². The second kappa shape index (κ2) is 9.50. The Morgan fingerprint density at radius 1 is 1.05 bits per heavy atom. The van der Waals surface area contributed by atoms with Crippen LogP contribution in [-0.4, -0.2) is 12.1 Å². The van der Waals surface area contributed by atoms with Gasteiger partial charge >= 0.3 is 5.95 Å². The van der Waals surface area contributed by atoms with Gasteiger partial charge in [0.2, 0.25) is 0 Å². The maximum Gasteiger partial charge on any atom is 0.309 e. The minimum Gasteiger partial charge on any atom is -0.467 e. The average molecular weight is 360 g/mol. The molecule has 1 rings (SSSR count). The monoisotopic (exact) mass is 359 g/mol. The number of aromatic nitrogens is 1. The summed E-state index contributed by atoms with van der Waals surface area (Å²) in [6.45, 7) is 6.79. The highest BCUT2D eigenvalue weighted by molar-refractivity contribution is 9.10. The molecule has 0 fully saturated rings. The Hall–Kier alpha value is -0.510. The van der Waals surface area contributed by atoms with Crippen LogP contribution in [0.25, 0.3) is 0 Å². The van der Waals surface area contributed by atoms with Gasteiger partial charge in [-0.05, 0) is 12.8 Å². The molecule has 0 bridgehead atoms. The first kappa shape index (κ1) is 18.5. The van der Waals surface area contributed by atoms with Gasteiger partial charge in [-0.15, -0.1) is 0 Å². The smallest absolute Gasteiger partial charge is 0.309 e. The number of rotatable bonds is 11. The number of hydrogen-bond donors (Lipinski definition) is 0.